The lowest BCUT2D eigenvalue weighted by molar-refractivity contribution is -0.119. The third kappa shape index (κ3) is 3.72. The number of aromatic nitrogens is 1. The number of ketones is 3. The minimum absolute atomic E-state index is 0.0370. The van der Waals surface area contributed by atoms with Gasteiger partial charge in [0.05, 0.1) is 24.1 Å². The van der Waals surface area contributed by atoms with Gasteiger partial charge in [0, 0.05) is 47.0 Å². The number of nitrogens with zero attached hydrogens (tertiary/aromatic N) is 1. The summed E-state index contributed by atoms with van der Waals surface area (Å²) in [6, 6.07) is 13.6. The summed E-state index contributed by atoms with van der Waals surface area (Å²) < 4.78 is 13.1. The molecule has 0 bridgehead atoms. The second-order valence-electron chi connectivity index (χ2n) is 11.0. The predicted molar refractivity (Wildman–Crippen MR) is 146 cm³/mol. The van der Waals surface area contributed by atoms with Crippen LogP contribution in [0.1, 0.15) is 58.9 Å². The fraction of sp³-hybridized carbons (Fsp3) is 0.250. The van der Waals surface area contributed by atoms with Crippen molar-refractivity contribution in [1.82, 2.24) is 4.57 Å². The third-order valence-corrected chi connectivity index (χ3v) is 7.74. The molecule has 0 amide bonds. The Bertz CT molecular complexity index is 1770. The molecule has 0 spiro atoms. The minimum atomic E-state index is -1.05. The number of hydrogen-bond acceptors (Lipinski definition) is 6. The molecule has 1 atom stereocenters. The van der Waals surface area contributed by atoms with Crippen molar-refractivity contribution in [3.05, 3.63) is 111 Å². The van der Waals surface area contributed by atoms with Gasteiger partial charge in [0.2, 0.25) is 5.78 Å². The minimum Gasteiger partial charge on any atom is -0.497 e. The molecule has 6 rings (SSSR count). The Morgan fingerprint density at radius 1 is 1.00 bits per heavy atom. The lowest BCUT2D eigenvalue weighted by Crippen LogP contribution is -2.39. The molecule has 3 aromatic rings. The molecule has 3 aliphatic rings. The van der Waals surface area contributed by atoms with Crippen molar-refractivity contribution in [3.63, 3.8) is 0 Å². The van der Waals surface area contributed by atoms with Crippen LogP contribution in [0.3, 0.4) is 0 Å². The van der Waals surface area contributed by atoms with Crippen LogP contribution in [-0.4, -0.2) is 29.0 Å². The summed E-state index contributed by atoms with van der Waals surface area (Å²) in [7, 11) is 1.56. The highest BCUT2D eigenvalue weighted by molar-refractivity contribution is 6.27. The first-order valence-electron chi connectivity index (χ1n) is 12.8. The van der Waals surface area contributed by atoms with Gasteiger partial charge in [0.25, 0.3) is 5.56 Å². The molecular weight excluding hydrogens is 494 g/mol. The van der Waals surface area contributed by atoms with E-state index in [1.54, 1.807) is 66.3 Å². The number of hydrogen-bond donors (Lipinski definition) is 0. The maximum atomic E-state index is 14.1. The summed E-state index contributed by atoms with van der Waals surface area (Å²) >= 11 is 0. The summed E-state index contributed by atoms with van der Waals surface area (Å²) in [4.78, 5) is 55.5. The zero-order chi connectivity index (χ0) is 27.6. The largest absolute Gasteiger partial charge is 0.497 e. The number of allylic oxidation sites excluding steroid dienone is 5. The number of methoxy groups -OCH3 is 1. The first-order valence-corrected chi connectivity index (χ1v) is 12.8. The molecular formula is C32H27NO6. The van der Waals surface area contributed by atoms with E-state index in [1.165, 1.54) is 0 Å². The molecule has 0 saturated heterocycles. The zero-order valence-corrected chi connectivity index (χ0v) is 22.0. The van der Waals surface area contributed by atoms with E-state index < -0.39 is 22.9 Å². The molecule has 1 aromatic heterocycles. The number of carbonyl (C=O) groups excluding carboxylic acids is 3. The van der Waals surface area contributed by atoms with Crippen molar-refractivity contribution in [2.24, 2.45) is 5.41 Å². The summed E-state index contributed by atoms with van der Waals surface area (Å²) in [6.07, 6.45) is 2.25. The van der Waals surface area contributed by atoms with E-state index in [1.807, 2.05) is 13.8 Å². The Hall–Kier alpha value is -4.52. The van der Waals surface area contributed by atoms with Crippen molar-refractivity contribution in [2.45, 2.75) is 39.2 Å². The Balaban J connectivity index is 1.69. The van der Waals surface area contributed by atoms with Crippen LogP contribution < -0.4 is 10.3 Å². The van der Waals surface area contributed by atoms with Gasteiger partial charge in [-0.2, -0.15) is 0 Å². The second kappa shape index (κ2) is 8.76. The van der Waals surface area contributed by atoms with E-state index in [2.05, 4.69) is 6.58 Å². The van der Waals surface area contributed by atoms with Crippen LogP contribution in [0.2, 0.25) is 0 Å². The average Bonchev–Trinajstić information content (AvgIpc) is 2.91. The molecule has 2 aliphatic carbocycles. The highest BCUT2D eigenvalue weighted by Crippen LogP contribution is 2.51. The van der Waals surface area contributed by atoms with Crippen LogP contribution >= 0.6 is 0 Å². The molecule has 196 valence electrons. The van der Waals surface area contributed by atoms with Gasteiger partial charge in [0.15, 0.2) is 17.3 Å². The normalized spacial score (nSPS) is 19.9. The Morgan fingerprint density at radius 2 is 1.72 bits per heavy atom. The summed E-state index contributed by atoms with van der Waals surface area (Å²) in [5, 5.41) is 0.695. The van der Waals surface area contributed by atoms with Gasteiger partial charge in [-0.25, -0.2) is 0 Å². The van der Waals surface area contributed by atoms with Crippen LogP contribution in [0.15, 0.2) is 88.6 Å². The first-order chi connectivity index (χ1) is 18.6. The van der Waals surface area contributed by atoms with Gasteiger partial charge in [-0.05, 0) is 29.7 Å². The van der Waals surface area contributed by atoms with E-state index in [0.717, 1.165) is 0 Å². The van der Waals surface area contributed by atoms with Gasteiger partial charge < -0.3 is 14.0 Å². The molecule has 0 N–H and O–H groups in total. The smallest absolute Gasteiger partial charge is 0.255 e. The average molecular weight is 522 g/mol. The Labute approximate surface area is 225 Å². The summed E-state index contributed by atoms with van der Waals surface area (Å²) in [5.41, 5.74) is 0.914. The third-order valence-electron chi connectivity index (χ3n) is 7.74. The molecule has 0 radical (unpaired) electrons. The number of benzene rings is 2. The molecule has 1 aliphatic heterocycles. The van der Waals surface area contributed by atoms with Crippen LogP contribution in [-0.2, 0) is 16.1 Å². The molecule has 1 unspecified atom stereocenters. The summed E-state index contributed by atoms with van der Waals surface area (Å²) in [5.74, 6) is -1.25. The monoisotopic (exact) mass is 521 g/mol. The quantitative estimate of drug-likeness (QED) is 0.434. The van der Waals surface area contributed by atoms with Crippen LogP contribution in [0, 0.1) is 5.41 Å². The van der Waals surface area contributed by atoms with Gasteiger partial charge in [0.1, 0.15) is 11.5 Å². The fourth-order valence-corrected chi connectivity index (χ4v) is 6.04. The fourth-order valence-electron chi connectivity index (χ4n) is 6.04. The van der Waals surface area contributed by atoms with Crippen LogP contribution in [0.5, 0.6) is 5.75 Å². The van der Waals surface area contributed by atoms with Crippen LogP contribution in [0.25, 0.3) is 10.9 Å². The number of ether oxygens (including phenoxy) is 2. The lowest BCUT2D eigenvalue weighted by atomic mass is 9.67. The van der Waals surface area contributed by atoms with E-state index in [-0.39, 0.29) is 57.9 Å². The maximum Gasteiger partial charge on any atom is 0.255 e. The van der Waals surface area contributed by atoms with Gasteiger partial charge in [-0.3, -0.25) is 19.2 Å². The number of fused-ring (bicyclic) bond motifs is 2. The first kappa shape index (κ1) is 24.8. The maximum absolute atomic E-state index is 14.1. The number of carbonyl (C=O) groups is 3. The summed E-state index contributed by atoms with van der Waals surface area (Å²) in [6.45, 7) is 7.94. The molecule has 2 heterocycles. The second-order valence-corrected chi connectivity index (χ2v) is 11.0. The molecule has 7 nitrogen and oxygen atoms in total. The van der Waals surface area contributed by atoms with E-state index in [9.17, 15) is 19.2 Å². The molecule has 0 saturated carbocycles. The van der Waals surface area contributed by atoms with E-state index in [4.69, 9.17) is 9.47 Å². The molecule has 0 fully saturated rings. The Kier molecular flexibility index (Phi) is 5.57. The number of Topliss-reactive ketones (excluding diaryl/α,β-unsaturated/α-hetero) is 3. The highest BCUT2D eigenvalue weighted by Gasteiger charge is 2.49. The predicted octanol–water partition coefficient (Wildman–Crippen LogP) is 5.29. The van der Waals surface area contributed by atoms with Crippen molar-refractivity contribution < 1.29 is 23.9 Å². The molecule has 39 heavy (non-hydrogen) atoms. The SMILES string of the molecule is C=CCn1c(=O)c(C2C3=C(CC(C)(C)CC3=O)OC3=C2C(=O)c2ccccc2C3=O)cc2cc(OC)ccc21. The van der Waals surface area contributed by atoms with Crippen molar-refractivity contribution in [3.8, 4) is 5.75 Å². The number of pyridine rings is 1. The lowest BCUT2D eigenvalue weighted by Gasteiger charge is -2.39. The highest BCUT2D eigenvalue weighted by atomic mass is 16.5. The van der Waals surface area contributed by atoms with Gasteiger partial charge >= 0.3 is 0 Å². The van der Waals surface area contributed by atoms with Gasteiger partial charge in [-0.15, -0.1) is 6.58 Å². The van der Waals surface area contributed by atoms with Crippen molar-refractivity contribution >= 4 is 28.3 Å². The number of rotatable bonds is 4. The molecule has 7 heteroatoms. The van der Waals surface area contributed by atoms with Crippen molar-refractivity contribution in [1.29, 1.82) is 0 Å². The topological polar surface area (TPSA) is 91.7 Å². The van der Waals surface area contributed by atoms with E-state index >= 15 is 0 Å². The van der Waals surface area contributed by atoms with E-state index in [0.29, 0.717) is 28.8 Å². The Morgan fingerprint density at radius 3 is 2.41 bits per heavy atom. The van der Waals surface area contributed by atoms with Crippen molar-refractivity contribution in [2.75, 3.05) is 7.11 Å². The van der Waals surface area contributed by atoms with Gasteiger partial charge in [-0.1, -0.05) is 44.2 Å². The standard InChI is InChI=1S/C32H27NO6/c1-5-12-33-22-11-10-18(38-4)13-17(22)14-21(31(33)37)25-26-23(34)15-32(2,3)16-24(26)39-30-27(25)28(35)19-8-6-7-9-20(19)29(30)36/h5-11,13-14,25H,1,12,15-16H2,2-4H3. The zero-order valence-electron chi connectivity index (χ0n) is 22.0. The molecule has 2 aromatic carbocycles. The van der Waals surface area contributed by atoms with Crippen LogP contribution in [0.4, 0.5) is 0 Å².